The van der Waals surface area contributed by atoms with Crippen LogP contribution in [0.3, 0.4) is 0 Å². The predicted molar refractivity (Wildman–Crippen MR) is 122 cm³/mol. The molecule has 160 valence electrons. The normalized spacial score (nSPS) is 15.3. The summed E-state index contributed by atoms with van der Waals surface area (Å²) in [5, 5.41) is 7.36. The molecule has 0 atom stereocenters. The smallest absolute Gasteiger partial charge is 0.276 e. The van der Waals surface area contributed by atoms with Crippen LogP contribution in [0.1, 0.15) is 31.4 Å². The average molecular weight is 429 g/mol. The van der Waals surface area contributed by atoms with Gasteiger partial charge in [0.25, 0.3) is 5.91 Å². The lowest BCUT2D eigenvalue weighted by molar-refractivity contribution is -0.122. The van der Waals surface area contributed by atoms with Gasteiger partial charge in [0.1, 0.15) is 12.2 Å². The van der Waals surface area contributed by atoms with Gasteiger partial charge in [0.2, 0.25) is 5.91 Å². The highest BCUT2D eigenvalue weighted by molar-refractivity contribution is 7.80. The van der Waals surface area contributed by atoms with E-state index in [1.807, 2.05) is 35.9 Å². The number of carbonyl (C=O) groups excluding carboxylic acids is 2. The number of aryl methyl sites for hydroxylation is 1. The van der Waals surface area contributed by atoms with Gasteiger partial charge in [-0.3, -0.25) is 14.5 Å². The lowest BCUT2D eigenvalue weighted by atomic mass is 10.1. The number of nitrogens with one attached hydrogen (secondary N) is 2. The number of hydrogen-bond donors (Lipinski definition) is 2. The maximum Gasteiger partial charge on any atom is 0.276 e. The van der Waals surface area contributed by atoms with Gasteiger partial charge in [-0.2, -0.15) is 0 Å². The van der Waals surface area contributed by atoms with E-state index in [1.54, 1.807) is 7.11 Å². The number of rotatable bonds is 9. The summed E-state index contributed by atoms with van der Waals surface area (Å²) in [6, 6.07) is 6.09. The molecule has 0 bridgehead atoms. The van der Waals surface area contributed by atoms with E-state index in [0.29, 0.717) is 30.5 Å². The Morgan fingerprint density at radius 3 is 2.80 bits per heavy atom. The SMILES string of the molecule is CCc1cccc2c(/C=C3\NC(=S)N(CC)C3=O)cn(CC(=O)NCCCOC)c12. The van der Waals surface area contributed by atoms with Crippen LogP contribution >= 0.6 is 12.2 Å². The lowest BCUT2D eigenvalue weighted by Gasteiger charge is -2.09. The van der Waals surface area contributed by atoms with Crippen molar-refractivity contribution in [1.82, 2.24) is 20.1 Å². The molecule has 1 aromatic carbocycles. The van der Waals surface area contributed by atoms with Crippen molar-refractivity contribution in [3.63, 3.8) is 0 Å². The van der Waals surface area contributed by atoms with E-state index >= 15 is 0 Å². The molecule has 1 fully saturated rings. The summed E-state index contributed by atoms with van der Waals surface area (Å²) < 4.78 is 6.98. The van der Waals surface area contributed by atoms with Crippen LogP contribution in [0.2, 0.25) is 0 Å². The molecule has 0 unspecified atom stereocenters. The first kappa shape index (κ1) is 22.0. The van der Waals surface area contributed by atoms with E-state index in [9.17, 15) is 9.59 Å². The van der Waals surface area contributed by atoms with E-state index in [1.165, 1.54) is 4.90 Å². The van der Waals surface area contributed by atoms with Gasteiger partial charge in [-0.15, -0.1) is 0 Å². The molecule has 1 aromatic heterocycles. The molecule has 2 amide bonds. The average Bonchev–Trinajstić information content (AvgIpc) is 3.21. The van der Waals surface area contributed by atoms with Gasteiger partial charge < -0.3 is 19.9 Å². The van der Waals surface area contributed by atoms with Gasteiger partial charge in [-0.1, -0.05) is 25.1 Å². The number of carbonyl (C=O) groups is 2. The number of likely N-dealkylation sites (N-methyl/N-ethyl adjacent to an activating group) is 1. The summed E-state index contributed by atoms with van der Waals surface area (Å²) >= 11 is 5.25. The second kappa shape index (κ2) is 9.86. The molecule has 2 aromatic rings. The Morgan fingerprint density at radius 1 is 1.33 bits per heavy atom. The van der Waals surface area contributed by atoms with Gasteiger partial charge in [-0.05, 0) is 43.6 Å². The fourth-order valence-electron chi connectivity index (χ4n) is 3.66. The fourth-order valence-corrected chi connectivity index (χ4v) is 3.98. The van der Waals surface area contributed by atoms with Gasteiger partial charge in [0.15, 0.2) is 5.11 Å². The number of methoxy groups -OCH3 is 1. The summed E-state index contributed by atoms with van der Waals surface area (Å²) in [6.45, 7) is 5.90. The lowest BCUT2D eigenvalue weighted by Crippen LogP contribution is -2.30. The first-order valence-electron chi connectivity index (χ1n) is 10.2. The van der Waals surface area contributed by atoms with Gasteiger partial charge in [0, 0.05) is 44.0 Å². The summed E-state index contributed by atoms with van der Waals surface area (Å²) in [5.74, 6) is -0.188. The van der Waals surface area contributed by atoms with Gasteiger partial charge in [0.05, 0.1) is 5.52 Å². The molecule has 0 saturated carbocycles. The summed E-state index contributed by atoms with van der Waals surface area (Å²) in [5.41, 5.74) is 3.50. The highest BCUT2D eigenvalue weighted by Crippen LogP contribution is 2.28. The molecule has 0 radical (unpaired) electrons. The van der Waals surface area contributed by atoms with Crippen molar-refractivity contribution in [2.45, 2.75) is 33.2 Å². The minimum atomic E-state index is -0.133. The van der Waals surface area contributed by atoms with E-state index < -0.39 is 0 Å². The molecule has 1 aliphatic heterocycles. The Balaban J connectivity index is 1.93. The maximum absolute atomic E-state index is 12.6. The van der Waals surface area contributed by atoms with Gasteiger partial charge in [-0.25, -0.2) is 0 Å². The molecule has 30 heavy (non-hydrogen) atoms. The Morgan fingerprint density at radius 2 is 2.13 bits per heavy atom. The molecule has 7 nitrogen and oxygen atoms in total. The molecular weight excluding hydrogens is 400 g/mol. The van der Waals surface area contributed by atoms with Gasteiger partial charge >= 0.3 is 0 Å². The predicted octanol–water partition coefficient (Wildman–Crippen LogP) is 2.43. The zero-order chi connectivity index (χ0) is 21.7. The van der Waals surface area contributed by atoms with Crippen LogP contribution in [0.25, 0.3) is 17.0 Å². The minimum absolute atomic E-state index is 0.0542. The third kappa shape index (κ3) is 4.55. The zero-order valence-corrected chi connectivity index (χ0v) is 18.5. The number of para-hydroxylation sites is 1. The summed E-state index contributed by atoms with van der Waals surface area (Å²) in [7, 11) is 1.65. The number of fused-ring (bicyclic) bond motifs is 1. The summed E-state index contributed by atoms with van der Waals surface area (Å²) in [4.78, 5) is 26.6. The van der Waals surface area contributed by atoms with Crippen LogP contribution in [0.4, 0.5) is 0 Å². The first-order valence-corrected chi connectivity index (χ1v) is 10.6. The number of amides is 2. The number of nitrogens with zero attached hydrogens (tertiary/aromatic N) is 2. The molecule has 2 heterocycles. The largest absolute Gasteiger partial charge is 0.385 e. The highest BCUT2D eigenvalue weighted by Gasteiger charge is 2.29. The van der Waals surface area contributed by atoms with Crippen LogP contribution in [0.15, 0.2) is 30.1 Å². The van der Waals surface area contributed by atoms with Crippen molar-refractivity contribution in [3.8, 4) is 0 Å². The topological polar surface area (TPSA) is 75.6 Å². The Kier molecular flexibility index (Phi) is 7.23. The quantitative estimate of drug-likeness (QED) is 0.365. The highest BCUT2D eigenvalue weighted by atomic mass is 32.1. The van der Waals surface area contributed by atoms with Crippen molar-refractivity contribution >= 4 is 46.1 Å². The van der Waals surface area contributed by atoms with Crippen LogP contribution in [0.5, 0.6) is 0 Å². The second-order valence-corrected chi connectivity index (χ2v) is 7.50. The maximum atomic E-state index is 12.6. The van der Waals surface area contributed by atoms with Crippen molar-refractivity contribution in [2.24, 2.45) is 0 Å². The fraction of sp³-hybridized carbons (Fsp3) is 0.409. The van der Waals surface area contributed by atoms with E-state index in [2.05, 4.69) is 23.6 Å². The van der Waals surface area contributed by atoms with Crippen LogP contribution in [0, 0.1) is 0 Å². The Hall–Kier alpha value is -2.71. The zero-order valence-electron chi connectivity index (χ0n) is 17.7. The molecule has 8 heteroatoms. The van der Waals surface area contributed by atoms with Crippen molar-refractivity contribution < 1.29 is 14.3 Å². The minimum Gasteiger partial charge on any atom is -0.385 e. The molecule has 0 aliphatic carbocycles. The number of hydrogen-bond acceptors (Lipinski definition) is 4. The van der Waals surface area contributed by atoms with Crippen LogP contribution in [-0.4, -0.2) is 53.2 Å². The monoisotopic (exact) mass is 428 g/mol. The third-order valence-electron chi connectivity index (χ3n) is 5.13. The molecule has 0 spiro atoms. The molecule has 2 N–H and O–H groups in total. The molecule has 1 aliphatic rings. The number of benzene rings is 1. The van der Waals surface area contributed by atoms with Crippen LogP contribution in [-0.2, 0) is 27.3 Å². The van der Waals surface area contributed by atoms with Crippen LogP contribution < -0.4 is 10.6 Å². The molecular formula is C22H28N4O3S. The van der Waals surface area contributed by atoms with Crippen molar-refractivity contribution in [2.75, 3.05) is 26.8 Å². The van der Waals surface area contributed by atoms with E-state index in [4.69, 9.17) is 17.0 Å². The Bertz CT molecular complexity index is 996. The Labute approximate surface area is 182 Å². The van der Waals surface area contributed by atoms with Crippen molar-refractivity contribution in [1.29, 1.82) is 0 Å². The first-order chi connectivity index (χ1) is 14.5. The second-order valence-electron chi connectivity index (χ2n) is 7.11. The third-order valence-corrected chi connectivity index (χ3v) is 5.46. The molecule has 1 saturated heterocycles. The molecule has 3 rings (SSSR count). The van der Waals surface area contributed by atoms with Crippen molar-refractivity contribution in [3.05, 3.63) is 41.2 Å². The van der Waals surface area contributed by atoms with E-state index in [0.717, 1.165) is 34.9 Å². The summed E-state index contributed by atoms with van der Waals surface area (Å²) in [6.07, 6.45) is 5.36. The van der Waals surface area contributed by atoms with E-state index in [-0.39, 0.29) is 18.4 Å². The number of thiocarbonyl (C=S) groups is 1. The number of ether oxygens (including phenoxy) is 1. The standard InChI is InChI=1S/C22H28N4O3S/c1-4-15-8-6-9-17-16(12-18-21(28)26(5-2)22(30)24-18)13-25(20(15)17)14-19(27)23-10-7-11-29-3/h6,8-9,12-13H,4-5,7,10-11,14H2,1-3H3,(H,23,27)(H,24,30)/b18-12-. The number of aromatic nitrogens is 1.